The third-order valence-electron chi connectivity index (χ3n) is 4.30. The molecule has 1 fully saturated rings. The molecule has 0 saturated carbocycles. The van der Waals surface area contributed by atoms with E-state index in [1.54, 1.807) is 4.90 Å². The third-order valence-corrected chi connectivity index (χ3v) is 4.30. The molecule has 2 aliphatic rings. The molecule has 3 rings (SSSR count). The van der Waals surface area contributed by atoms with Gasteiger partial charge in [-0.25, -0.2) is 4.79 Å². The largest absolute Gasteiger partial charge is 0.453 e. The van der Waals surface area contributed by atoms with Gasteiger partial charge in [-0.05, 0) is 42.4 Å². The zero-order chi connectivity index (χ0) is 15.5. The number of nitrogens with one attached hydrogen (secondary N) is 1. The van der Waals surface area contributed by atoms with Crippen LogP contribution in [0.2, 0.25) is 0 Å². The summed E-state index contributed by atoms with van der Waals surface area (Å²) < 4.78 is 4.68. The highest BCUT2D eigenvalue weighted by Crippen LogP contribution is 2.28. The summed E-state index contributed by atoms with van der Waals surface area (Å²) in [6.45, 7) is 1.51. The molecular weight excluding hydrogens is 280 g/mol. The van der Waals surface area contributed by atoms with Gasteiger partial charge in [0.1, 0.15) is 5.70 Å². The fourth-order valence-corrected chi connectivity index (χ4v) is 3.13. The average Bonchev–Trinajstić information content (AvgIpc) is 3.20. The van der Waals surface area contributed by atoms with Crippen molar-refractivity contribution in [2.45, 2.75) is 25.7 Å². The molecule has 0 radical (unpaired) electrons. The molecule has 1 saturated heterocycles. The van der Waals surface area contributed by atoms with Crippen LogP contribution in [-0.4, -0.2) is 37.1 Å². The number of ether oxygens (including phenoxy) is 1. The summed E-state index contributed by atoms with van der Waals surface area (Å²) in [6.07, 6.45) is 2.86. The second-order valence-electron chi connectivity index (χ2n) is 5.72. The smallest absolute Gasteiger partial charge is 0.411 e. The Labute approximate surface area is 129 Å². The lowest BCUT2D eigenvalue weighted by Gasteiger charge is -2.19. The van der Waals surface area contributed by atoms with Crippen molar-refractivity contribution in [3.05, 3.63) is 46.7 Å². The molecule has 22 heavy (non-hydrogen) atoms. The third kappa shape index (κ3) is 2.84. The molecular formula is C17H20N2O3. The molecule has 116 valence electrons. The number of hydrogen-bond donors (Lipinski definition) is 1. The summed E-state index contributed by atoms with van der Waals surface area (Å²) in [4.78, 5) is 26.2. The molecule has 0 spiro atoms. The van der Waals surface area contributed by atoms with E-state index in [-0.39, 0.29) is 5.91 Å². The summed E-state index contributed by atoms with van der Waals surface area (Å²) >= 11 is 0. The molecule has 0 aromatic heterocycles. The fraction of sp³-hybridized carbons (Fsp3) is 0.412. The average molecular weight is 300 g/mol. The second kappa shape index (κ2) is 6.22. The van der Waals surface area contributed by atoms with Crippen LogP contribution in [0.25, 0.3) is 0 Å². The summed E-state index contributed by atoms with van der Waals surface area (Å²) in [5.74, 6) is -0.0919. The van der Waals surface area contributed by atoms with E-state index in [0.717, 1.165) is 31.5 Å². The van der Waals surface area contributed by atoms with Crippen LogP contribution in [-0.2, 0) is 22.4 Å². The zero-order valence-electron chi connectivity index (χ0n) is 12.7. The Hall–Kier alpha value is -2.30. The molecule has 1 aliphatic carbocycles. The Kier molecular flexibility index (Phi) is 4.13. The number of fused-ring (bicyclic) bond motifs is 1. The number of likely N-dealkylation sites (tertiary alicyclic amines) is 1. The maximum atomic E-state index is 12.7. The van der Waals surface area contributed by atoms with Crippen LogP contribution in [0, 0.1) is 0 Å². The van der Waals surface area contributed by atoms with Crippen molar-refractivity contribution >= 4 is 12.0 Å². The highest BCUT2D eigenvalue weighted by Gasteiger charge is 2.28. The quantitative estimate of drug-likeness (QED) is 0.850. The van der Waals surface area contributed by atoms with E-state index in [9.17, 15) is 9.59 Å². The molecule has 0 unspecified atom stereocenters. The Morgan fingerprint density at radius 2 is 1.68 bits per heavy atom. The minimum absolute atomic E-state index is 0.0919. The van der Waals surface area contributed by atoms with Gasteiger partial charge < -0.3 is 9.64 Å². The maximum Gasteiger partial charge on any atom is 0.411 e. The van der Waals surface area contributed by atoms with E-state index in [0.29, 0.717) is 18.5 Å². The lowest BCUT2D eigenvalue weighted by Crippen LogP contribution is -2.38. The van der Waals surface area contributed by atoms with Crippen molar-refractivity contribution in [1.29, 1.82) is 0 Å². The Morgan fingerprint density at radius 1 is 1.09 bits per heavy atom. The SMILES string of the molecule is COC(=O)NC(C(=O)N1CCCC1)=C1Cc2ccccc2C1. The number of nitrogens with zero attached hydrogens (tertiary/aromatic N) is 1. The van der Waals surface area contributed by atoms with Crippen molar-refractivity contribution in [2.24, 2.45) is 0 Å². The Balaban J connectivity index is 1.90. The number of alkyl carbamates (subject to hydrolysis) is 1. The molecule has 1 aromatic carbocycles. The molecule has 1 heterocycles. The van der Waals surface area contributed by atoms with Gasteiger partial charge in [0, 0.05) is 13.1 Å². The second-order valence-corrected chi connectivity index (χ2v) is 5.72. The topological polar surface area (TPSA) is 58.6 Å². The first-order valence-electron chi connectivity index (χ1n) is 7.62. The van der Waals surface area contributed by atoms with Crippen LogP contribution in [0.4, 0.5) is 4.79 Å². The van der Waals surface area contributed by atoms with Crippen LogP contribution < -0.4 is 5.32 Å². The van der Waals surface area contributed by atoms with Gasteiger partial charge in [-0.1, -0.05) is 24.3 Å². The normalized spacial score (nSPS) is 16.4. The van der Waals surface area contributed by atoms with Crippen molar-refractivity contribution < 1.29 is 14.3 Å². The van der Waals surface area contributed by atoms with E-state index in [4.69, 9.17) is 0 Å². The highest BCUT2D eigenvalue weighted by molar-refractivity contribution is 5.97. The van der Waals surface area contributed by atoms with Crippen molar-refractivity contribution in [3.8, 4) is 0 Å². The van der Waals surface area contributed by atoms with E-state index >= 15 is 0 Å². The molecule has 0 atom stereocenters. The first-order valence-corrected chi connectivity index (χ1v) is 7.62. The molecule has 2 amide bonds. The van der Waals surface area contributed by atoms with E-state index in [1.807, 2.05) is 12.1 Å². The molecule has 0 bridgehead atoms. The fourth-order valence-electron chi connectivity index (χ4n) is 3.13. The molecule has 1 aromatic rings. The van der Waals surface area contributed by atoms with Gasteiger partial charge in [0.2, 0.25) is 0 Å². The highest BCUT2D eigenvalue weighted by atomic mass is 16.5. The van der Waals surface area contributed by atoms with E-state index in [2.05, 4.69) is 22.2 Å². The van der Waals surface area contributed by atoms with E-state index < -0.39 is 6.09 Å². The van der Waals surface area contributed by atoms with Gasteiger partial charge in [0.05, 0.1) is 7.11 Å². The number of methoxy groups -OCH3 is 1. The Bertz CT molecular complexity index is 604. The van der Waals surface area contributed by atoms with Gasteiger partial charge in [-0.15, -0.1) is 0 Å². The van der Waals surface area contributed by atoms with E-state index in [1.165, 1.54) is 18.2 Å². The first kappa shape index (κ1) is 14.6. The molecule has 5 heteroatoms. The van der Waals surface area contributed by atoms with Gasteiger partial charge in [-0.3, -0.25) is 10.1 Å². The minimum atomic E-state index is -0.592. The van der Waals surface area contributed by atoms with Crippen molar-refractivity contribution in [3.63, 3.8) is 0 Å². The van der Waals surface area contributed by atoms with Crippen molar-refractivity contribution in [2.75, 3.05) is 20.2 Å². The van der Waals surface area contributed by atoms with Crippen molar-refractivity contribution in [1.82, 2.24) is 10.2 Å². The van der Waals surface area contributed by atoms with Gasteiger partial charge in [0.25, 0.3) is 5.91 Å². The minimum Gasteiger partial charge on any atom is -0.453 e. The van der Waals surface area contributed by atoms with Gasteiger partial charge in [-0.2, -0.15) is 0 Å². The molecule has 1 aliphatic heterocycles. The van der Waals surface area contributed by atoms with Crippen LogP contribution in [0.15, 0.2) is 35.5 Å². The number of allylic oxidation sites excluding steroid dienone is 1. The van der Waals surface area contributed by atoms with Crippen LogP contribution in [0.5, 0.6) is 0 Å². The number of rotatable bonds is 2. The number of carbonyl (C=O) groups is 2. The lowest BCUT2D eigenvalue weighted by molar-refractivity contribution is -0.126. The van der Waals surface area contributed by atoms with Crippen LogP contribution >= 0.6 is 0 Å². The monoisotopic (exact) mass is 300 g/mol. The van der Waals surface area contributed by atoms with Gasteiger partial charge >= 0.3 is 6.09 Å². The number of hydrogen-bond acceptors (Lipinski definition) is 3. The standard InChI is InChI=1S/C17H20N2O3/c1-22-17(21)18-15(16(20)19-8-4-5-9-19)14-10-12-6-2-3-7-13(12)11-14/h2-3,6-7H,4-5,8-11H2,1H3,(H,18,21). The molecule has 1 N–H and O–H groups in total. The van der Waals surface area contributed by atoms with Crippen LogP contribution in [0.3, 0.4) is 0 Å². The predicted molar refractivity (Wildman–Crippen MR) is 82.2 cm³/mol. The summed E-state index contributed by atoms with van der Waals surface area (Å²) in [6, 6.07) is 8.13. The maximum absolute atomic E-state index is 12.7. The summed E-state index contributed by atoms with van der Waals surface area (Å²) in [7, 11) is 1.31. The zero-order valence-corrected chi connectivity index (χ0v) is 12.7. The van der Waals surface area contributed by atoms with Gasteiger partial charge in [0.15, 0.2) is 0 Å². The number of benzene rings is 1. The lowest BCUT2D eigenvalue weighted by atomic mass is 10.1. The number of amides is 2. The summed E-state index contributed by atoms with van der Waals surface area (Å²) in [5, 5.41) is 2.65. The first-order chi connectivity index (χ1) is 10.7. The summed E-state index contributed by atoms with van der Waals surface area (Å²) in [5.41, 5.74) is 3.79. The molecule has 5 nitrogen and oxygen atoms in total. The van der Waals surface area contributed by atoms with Crippen LogP contribution in [0.1, 0.15) is 24.0 Å². The predicted octanol–water partition coefficient (Wildman–Crippen LogP) is 2.02. The Morgan fingerprint density at radius 3 is 2.23 bits per heavy atom. The number of carbonyl (C=O) groups excluding carboxylic acids is 2.